The summed E-state index contributed by atoms with van der Waals surface area (Å²) in [6.07, 6.45) is 5.90. The van der Waals surface area contributed by atoms with Gasteiger partial charge in [-0.25, -0.2) is 15.0 Å². The van der Waals surface area contributed by atoms with Crippen LogP contribution in [0.25, 0.3) is 0 Å². The van der Waals surface area contributed by atoms with Gasteiger partial charge in [-0.05, 0) is 75.4 Å². The molecule has 3 N–H and O–H groups in total. The van der Waals surface area contributed by atoms with Crippen LogP contribution in [0.3, 0.4) is 0 Å². The predicted octanol–water partition coefficient (Wildman–Crippen LogP) is 5.50. The molecule has 7 heterocycles. The summed E-state index contributed by atoms with van der Waals surface area (Å²) >= 11 is 7.54. The molecule has 2 bridgehead atoms. The number of piperidine rings is 3. The van der Waals surface area contributed by atoms with Crippen LogP contribution in [0.5, 0.6) is 0 Å². The van der Waals surface area contributed by atoms with Gasteiger partial charge in [0.2, 0.25) is 17.7 Å². The fourth-order valence-electron chi connectivity index (χ4n) is 8.45. The molecule has 57 heavy (non-hydrogen) atoms. The summed E-state index contributed by atoms with van der Waals surface area (Å²) in [7, 11) is 0. The number of rotatable bonds is 11. The Labute approximate surface area is 341 Å². The number of anilines is 5. The molecule has 5 aliphatic rings. The van der Waals surface area contributed by atoms with Crippen LogP contribution >= 0.6 is 22.9 Å². The van der Waals surface area contributed by atoms with Crippen LogP contribution in [0.4, 0.5) is 28.1 Å². The molecule has 0 aliphatic carbocycles. The lowest BCUT2D eigenvalue weighted by Crippen LogP contribution is -2.64. The van der Waals surface area contributed by atoms with E-state index in [0.29, 0.717) is 51.6 Å². The zero-order valence-electron chi connectivity index (χ0n) is 32.2. The highest BCUT2D eigenvalue weighted by atomic mass is 35.5. The third kappa shape index (κ3) is 8.75. The van der Waals surface area contributed by atoms with Crippen LogP contribution < -0.4 is 25.8 Å². The summed E-state index contributed by atoms with van der Waals surface area (Å²) in [6.45, 7) is 9.58. The first-order chi connectivity index (χ1) is 27.6. The van der Waals surface area contributed by atoms with Crippen molar-refractivity contribution in [2.24, 2.45) is 0 Å². The monoisotopic (exact) mass is 810 g/mol. The van der Waals surface area contributed by atoms with E-state index in [1.165, 1.54) is 17.5 Å². The molecule has 5 saturated heterocycles. The number of para-hydroxylation sites is 1. The maximum absolute atomic E-state index is 13.5. The molecule has 0 spiro atoms. The Bertz CT molecular complexity index is 2140. The van der Waals surface area contributed by atoms with Gasteiger partial charge in [0.25, 0.3) is 5.91 Å². The Morgan fingerprint density at radius 2 is 1.75 bits per heavy atom. The Morgan fingerprint density at radius 3 is 2.49 bits per heavy atom. The second-order valence-corrected chi connectivity index (χ2v) is 16.7. The van der Waals surface area contributed by atoms with Gasteiger partial charge in [-0.15, -0.1) is 0 Å². The summed E-state index contributed by atoms with van der Waals surface area (Å²) < 4.78 is 0. The van der Waals surface area contributed by atoms with Gasteiger partial charge in [-0.3, -0.25) is 29.4 Å². The number of carbonyl (C=O) groups excluding carboxylic acids is 4. The standard InChI is InChI=1S/C41H47ClN10O4S/c1-25-5-3-6-32(42)38(25)48-40(56)33-22-43-41(57-33)46-34-21-35(45-26(2)44-34)50-19-17-49(18-20-50)16-4-7-37(54)52-24-29-12-13-30(52)23-51(29)28-10-8-27(9-11-28)31-14-15-36(53)47-39(31)55/h3,5-6,8-11,21-22,29-31H,4,7,12-20,23-24H2,1-2H3,(H,48,56)(H,47,53,55)(H,43,44,45,46). The Hall–Kier alpha value is -5.12. The highest BCUT2D eigenvalue weighted by Crippen LogP contribution is 2.35. The van der Waals surface area contributed by atoms with Crippen LogP contribution in [0, 0.1) is 13.8 Å². The summed E-state index contributed by atoms with van der Waals surface area (Å²) in [6, 6.07) is 16.1. The first-order valence-electron chi connectivity index (χ1n) is 19.7. The van der Waals surface area contributed by atoms with Crippen molar-refractivity contribution in [1.82, 2.24) is 30.1 Å². The lowest BCUT2D eigenvalue weighted by molar-refractivity contribution is -0.137. The van der Waals surface area contributed by atoms with Crippen molar-refractivity contribution in [2.75, 3.05) is 66.2 Å². The van der Waals surface area contributed by atoms with Gasteiger partial charge in [-0.1, -0.05) is 47.2 Å². The van der Waals surface area contributed by atoms with Crippen LogP contribution in [0.1, 0.15) is 71.1 Å². The SMILES string of the molecule is Cc1nc(Nc2ncc(C(=O)Nc3c(C)cccc3Cl)s2)cc(N2CCN(CCCC(=O)N3CC4CCC3CN4c3ccc(C4CCC(=O)NC4=O)cc3)CC2)n1. The molecule has 14 nitrogen and oxygen atoms in total. The molecule has 0 saturated carbocycles. The van der Waals surface area contributed by atoms with E-state index in [2.05, 4.69) is 57.7 Å². The average molecular weight is 811 g/mol. The molecule has 2 aromatic heterocycles. The maximum Gasteiger partial charge on any atom is 0.267 e. The number of piperazine rings is 2. The number of fused-ring (bicyclic) bond motifs is 3. The molecule has 5 fully saturated rings. The number of nitrogens with zero attached hydrogens (tertiary/aromatic N) is 7. The van der Waals surface area contributed by atoms with Crippen molar-refractivity contribution >= 4 is 74.7 Å². The van der Waals surface area contributed by atoms with E-state index in [1.54, 1.807) is 6.07 Å². The quantitative estimate of drug-likeness (QED) is 0.165. The molecule has 5 aliphatic heterocycles. The number of aryl methyl sites for hydroxylation is 2. The topological polar surface area (TPSA) is 156 Å². The van der Waals surface area contributed by atoms with Gasteiger partial charge in [0.05, 0.1) is 22.8 Å². The molecule has 4 aromatic rings. The number of halogens is 1. The van der Waals surface area contributed by atoms with Crippen molar-refractivity contribution in [3.8, 4) is 0 Å². The molecule has 4 amide bonds. The Morgan fingerprint density at radius 1 is 0.965 bits per heavy atom. The minimum absolute atomic E-state index is 0.201. The summed E-state index contributed by atoms with van der Waals surface area (Å²) in [4.78, 5) is 73.7. The lowest BCUT2D eigenvalue weighted by atomic mass is 9.88. The number of hydrogen-bond donors (Lipinski definition) is 3. The van der Waals surface area contributed by atoms with Crippen LogP contribution in [0.15, 0.2) is 54.7 Å². The highest BCUT2D eigenvalue weighted by molar-refractivity contribution is 7.17. The number of carbonyl (C=O) groups is 4. The number of aromatic nitrogens is 3. The largest absolute Gasteiger partial charge is 0.365 e. The van der Waals surface area contributed by atoms with Gasteiger partial charge in [0.1, 0.15) is 22.3 Å². The second-order valence-electron chi connectivity index (χ2n) is 15.3. The number of thiazole rings is 1. The Balaban J connectivity index is 0.781. The van der Waals surface area contributed by atoms with Crippen LogP contribution in [-0.4, -0.2) is 106 Å². The van der Waals surface area contributed by atoms with Crippen LogP contribution in [0.2, 0.25) is 5.02 Å². The van der Waals surface area contributed by atoms with E-state index in [9.17, 15) is 19.2 Å². The predicted molar refractivity (Wildman–Crippen MR) is 222 cm³/mol. The third-order valence-electron chi connectivity index (χ3n) is 11.5. The minimum atomic E-state index is -0.287. The fraction of sp³-hybridized carbons (Fsp3) is 0.439. The second kappa shape index (κ2) is 16.8. The molecule has 9 rings (SSSR count). The van der Waals surface area contributed by atoms with Gasteiger partial charge >= 0.3 is 0 Å². The minimum Gasteiger partial charge on any atom is -0.365 e. The molecule has 3 unspecified atom stereocenters. The van der Waals surface area contributed by atoms with Gasteiger partial charge in [0, 0.05) is 75.9 Å². The van der Waals surface area contributed by atoms with E-state index in [4.69, 9.17) is 16.6 Å². The number of amides is 4. The van der Waals surface area contributed by atoms with Crippen LogP contribution in [-0.2, 0) is 14.4 Å². The van der Waals surface area contributed by atoms with Crippen molar-refractivity contribution in [2.45, 2.75) is 70.4 Å². The highest BCUT2D eigenvalue weighted by Gasteiger charge is 2.41. The van der Waals surface area contributed by atoms with Crippen molar-refractivity contribution < 1.29 is 19.2 Å². The molecule has 16 heteroatoms. The molecular weight excluding hydrogens is 764 g/mol. The molecule has 0 radical (unpaired) electrons. The van der Waals surface area contributed by atoms with E-state index in [-0.39, 0.29) is 41.6 Å². The van der Waals surface area contributed by atoms with E-state index >= 15 is 0 Å². The molecule has 3 atom stereocenters. The number of benzene rings is 2. The number of nitrogens with one attached hydrogen (secondary N) is 3. The normalized spacial score (nSPS) is 21.1. The smallest absolute Gasteiger partial charge is 0.267 e. The molecular formula is C41H47ClN10O4S. The number of hydrogen-bond acceptors (Lipinski definition) is 12. The van der Waals surface area contributed by atoms with Gasteiger partial charge in [-0.2, -0.15) is 0 Å². The zero-order chi connectivity index (χ0) is 39.6. The van der Waals surface area contributed by atoms with E-state index in [1.807, 2.05) is 44.2 Å². The van der Waals surface area contributed by atoms with Crippen molar-refractivity contribution in [3.05, 3.63) is 81.6 Å². The summed E-state index contributed by atoms with van der Waals surface area (Å²) in [5.41, 5.74) is 3.52. The Kier molecular flexibility index (Phi) is 11.4. The molecule has 298 valence electrons. The molecule has 2 aromatic carbocycles. The lowest BCUT2D eigenvalue weighted by Gasteiger charge is -2.52. The van der Waals surface area contributed by atoms with E-state index in [0.717, 1.165) is 87.7 Å². The van der Waals surface area contributed by atoms with Crippen molar-refractivity contribution in [1.29, 1.82) is 0 Å². The van der Waals surface area contributed by atoms with Gasteiger partial charge < -0.3 is 25.3 Å². The average Bonchev–Trinajstić information content (AvgIpc) is 3.68. The maximum atomic E-state index is 13.5. The zero-order valence-corrected chi connectivity index (χ0v) is 33.7. The first kappa shape index (κ1) is 38.7. The fourth-order valence-corrected chi connectivity index (χ4v) is 9.44. The van der Waals surface area contributed by atoms with Gasteiger partial charge in [0.15, 0.2) is 5.13 Å². The summed E-state index contributed by atoms with van der Waals surface area (Å²) in [5, 5.41) is 9.63. The van der Waals surface area contributed by atoms with E-state index < -0.39 is 0 Å². The third-order valence-corrected chi connectivity index (χ3v) is 12.8. The number of imide groups is 1. The first-order valence-corrected chi connectivity index (χ1v) is 20.9. The summed E-state index contributed by atoms with van der Waals surface area (Å²) in [5.74, 6) is 1.35. The van der Waals surface area contributed by atoms with Crippen molar-refractivity contribution in [3.63, 3.8) is 0 Å².